The van der Waals surface area contributed by atoms with Gasteiger partial charge in [0.1, 0.15) is 24.5 Å². The maximum atomic E-state index is 13.7. The second-order valence-electron chi connectivity index (χ2n) is 8.77. The first kappa shape index (κ1) is 28.3. The van der Waals surface area contributed by atoms with E-state index < -0.39 is 96.4 Å². The number of aryl methyl sites for hydroxylation is 1. The van der Waals surface area contributed by atoms with Crippen LogP contribution in [0.5, 0.6) is 0 Å². The molecule has 39 heavy (non-hydrogen) atoms. The molecule has 0 spiro atoms. The third kappa shape index (κ3) is 5.28. The minimum absolute atomic E-state index is 0.0550. The van der Waals surface area contributed by atoms with Crippen LogP contribution < -0.4 is 22.5 Å². The molecule has 2 saturated heterocycles. The predicted octanol–water partition coefficient (Wildman–Crippen LogP) is -4.41. The van der Waals surface area contributed by atoms with Gasteiger partial charge >= 0.3 is 17.5 Å². The summed E-state index contributed by atoms with van der Waals surface area (Å²) < 4.78 is 34.8. The summed E-state index contributed by atoms with van der Waals surface area (Å²) in [5, 5.41) is 51.2. The van der Waals surface area contributed by atoms with Crippen molar-refractivity contribution in [2.75, 3.05) is 6.61 Å². The smallest absolute Gasteiger partial charge is 0.401 e. The first-order valence-corrected chi connectivity index (χ1v) is 11.2. The van der Waals surface area contributed by atoms with Crippen LogP contribution in [-0.4, -0.2) is 93.9 Å². The highest BCUT2D eigenvalue weighted by Crippen LogP contribution is 2.37. The van der Waals surface area contributed by atoms with Crippen molar-refractivity contribution in [1.29, 1.82) is 0 Å². The van der Waals surface area contributed by atoms with Gasteiger partial charge in [-0.1, -0.05) is 0 Å². The Labute approximate surface area is 214 Å². The first-order chi connectivity index (χ1) is 18.2. The lowest BCUT2D eigenvalue weighted by atomic mass is 10.1. The molecule has 2 aliphatic heterocycles. The molecule has 7 N–H and O–H groups in total. The maximum absolute atomic E-state index is 13.7. The molecule has 2 aliphatic rings. The van der Waals surface area contributed by atoms with Gasteiger partial charge in [0.15, 0.2) is 12.3 Å². The number of aromatic amines is 2. The van der Waals surface area contributed by atoms with Gasteiger partial charge in [-0.05, 0) is 6.92 Å². The first-order valence-electron chi connectivity index (χ1n) is 11.2. The summed E-state index contributed by atoms with van der Waals surface area (Å²) in [7, 11) is 0. The van der Waals surface area contributed by atoms with E-state index in [2.05, 4.69) is 4.74 Å². The highest BCUT2D eigenvalue weighted by molar-refractivity contribution is 5.60. The largest absolute Gasteiger partial charge is 0.513 e. The van der Waals surface area contributed by atoms with Crippen molar-refractivity contribution in [2.45, 2.75) is 62.3 Å². The Bertz CT molecular complexity index is 1480. The molecule has 0 aromatic carbocycles. The molecule has 18 nitrogen and oxygen atoms in total. The molecule has 0 aliphatic carbocycles. The van der Waals surface area contributed by atoms with Crippen LogP contribution in [0.25, 0.3) is 0 Å². The SMILES string of the molecule is Cc1cn([C@@H]2O[C@H](C(O)OC(=O)OC3(O)C[C@@H](n4cc(F)c(=O)[nH]c4=O)O[C@H]3CO)C(O)C2O)c(=O)[nH]c1=O. The number of ether oxygens (including phenoxy) is 4. The number of halogens is 1. The molecule has 0 bridgehead atoms. The van der Waals surface area contributed by atoms with Gasteiger partial charge in [-0.3, -0.25) is 28.7 Å². The van der Waals surface area contributed by atoms with Crippen LogP contribution >= 0.6 is 0 Å². The van der Waals surface area contributed by atoms with Gasteiger partial charge in [0.05, 0.1) is 19.2 Å². The number of carbonyl (C=O) groups is 1. The lowest BCUT2D eigenvalue weighted by molar-refractivity contribution is -0.234. The number of nitrogens with zero attached hydrogens (tertiary/aromatic N) is 2. The molecule has 0 amide bonds. The van der Waals surface area contributed by atoms with Crippen molar-refractivity contribution in [1.82, 2.24) is 19.1 Å². The molecule has 2 aromatic rings. The number of rotatable bonds is 6. The van der Waals surface area contributed by atoms with E-state index in [-0.39, 0.29) is 5.56 Å². The zero-order valence-electron chi connectivity index (χ0n) is 19.8. The van der Waals surface area contributed by atoms with Gasteiger partial charge in [0.25, 0.3) is 11.1 Å². The van der Waals surface area contributed by atoms with Gasteiger partial charge in [0.2, 0.25) is 17.9 Å². The van der Waals surface area contributed by atoms with E-state index in [0.29, 0.717) is 10.8 Å². The van der Waals surface area contributed by atoms with Crippen LogP contribution in [-0.2, 0) is 18.9 Å². The summed E-state index contributed by atoms with van der Waals surface area (Å²) in [6.45, 7) is 0.374. The lowest BCUT2D eigenvalue weighted by Crippen LogP contribution is -2.47. The van der Waals surface area contributed by atoms with Crippen LogP contribution in [0.3, 0.4) is 0 Å². The average molecular weight is 562 g/mol. The molecule has 2 fully saturated rings. The second kappa shape index (κ2) is 10.4. The molecule has 4 rings (SSSR count). The fourth-order valence-electron chi connectivity index (χ4n) is 4.12. The molecule has 214 valence electrons. The van der Waals surface area contributed by atoms with Crippen molar-refractivity contribution >= 4 is 6.16 Å². The molecule has 8 atom stereocenters. The number of hydrogen-bond acceptors (Lipinski definition) is 14. The minimum Gasteiger partial charge on any atom is -0.401 e. The highest BCUT2D eigenvalue weighted by Gasteiger charge is 2.53. The topological polar surface area (TPSA) is 265 Å². The zero-order chi connectivity index (χ0) is 28.8. The molecule has 0 radical (unpaired) electrons. The van der Waals surface area contributed by atoms with E-state index in [1.54, 1.807) is 4.98 Å². The van der Waals surface area contributed by atoms with Crippen LogP contribution in [0.2, 0.25) is 0 Å². The van der Waals surface area contributed by atoms with E-state index >= 15 is 0 Å². The van der Waals surface area contributed by atoms with Crippen LogP contribution in [0, 0.1) is 12.7 Å². The lowest BCUT2D eigenvalue weighted by Gasteiger charge is -2.27. The van der Waals surface area contributed by atoms with E-state index in [4.69, 9.17) is 14.2 Å². The number of carbonyl (C=O) groups excluding carboxylic acids is 1. The quantitative estimate of drug-likeness (QED) is 0.129. The Kier molecular flexibility index (Phi) is 7.58. The highest BCUT2D eigenvalue weighted by atomic mass is 19.1. The van der Waals surface area contributed by atoms with Crippen LogP contribution in [0.1, 0.15) is 24.4 Å². The summed E-state index contributed by atoms with van der Waals surface area (Å²) in [4.78, 5) is 62.9. The zero-order valence-corrected chi connectivity index (χ0v) is 19.8. The van der Waals surface area contributed by atoms with E-state index in [9.17, 15) is 53.9 Å². The molecule has 0 saturated carbocycles. The molecule has 19 heteroatoms. The molecule has 4 heterocycles. The third-order valence-corrected chi connectivity index (χ3v) is 6.15. The fourth-order valence-corrected chi connectivity index (χ4v) is 4.12. The molecule has 4 unspecified atom stereocenters. The van der Waals surface area contributed by atoms with Crippen LogP contribution in [0.4, 0.5) is 9.18 Å². The van der Waals surface area contributed by atoms with Crippen molar-refractivity contribution in [3.8, 4) is 0 Å². The van der Waals surface area contributed by atoms with E-state index in [0.717, 1.165) is 10.8 Å². The standard InChI is InChI=1S/C20H23FN4O14/c1-6-3-25(18(33)22-13(6)29)15-11(28)10(27)12(37-15)16(31)38-19(34)39-20(35)2-9(36-8(20)5-26)24-4-7(21)14(30)23-17(24)32/h3-4,8-12,15-16,26-28,31,35H,2,5H2,1H3,(H,22,29,33)(H,23,30,32)/t8-,9-,10?,11?,12-,15+,16?,20?/m0/s1. The molecular formula is C20H23FN4O14. The van der Waals surface area contributed by atoms with Crippen molar-refractivity contribution in [3.63, 3.8) is 0 Å². The second-order valence-corrected chi connectivity index (χ2v) is 8.77. The Morgan fingerprint density at radius 2 is 1.77 bits per heavy atom. The molecule has 2 aromatic heterocycles. The van der Waals surface area contributed by atoms with E-state index in [1.165, 1.54) is 6.92 Å². The number of H-pyrrole nitrogens is 2. The maximum Gasteiger partial charge on any atom is 0.513 e. The summed E-state index contributed by atoms with van der Waals surface area (Å²) in [5.41, 5.74) is -4.12. The Balaban J connectivity index is 1.45. The van der Waals surface area contributed by atoms with Crippen molar-refractivity contribution in [3.05, 3.63) is 65.5 Å². The van der Waals surface area contributed by atoms with E-state index in [1.807, 2.05) is 4.98 Å². The monoisotopic (exact) mass is 562 g/mol. The minimum atomic E-state index is -2.69. The number of aromatic nitrogens is 4. The van der Waals surface area contributed by atoms with Crippen molar-refractivity contribution in [2.24, 2.45) is 0 Å². The number of nitrogens with one attached hydrogen (secondary N) is 2. The summed E-state index contributed by atoms with van der Waals surface area (Å²) in [6.07, 6.45) is -13.9. The third-order valence-electron chi connectivity index (χ3n) is 6.15. The number of hydrogen-bond donors (Lipinski definition) is 7. The van der Waals surface area contributed by atoms with Gasteiger partial charge < -0.3 is 44.5 Å². The Hall–Kier alpha value is -3.72. The molecular weight excluding hydrogens is 539 g/mol. The number of aliphatic hydroxyl groups excluding tert-OH is 4. The Morgan fingerprint density at radius 3 is 2.44 bits per heavy atom. The summed E-state index contributed by atoms with van der Waals surface area (Å²) in [6, 6.07) is 0. The summed E-state index contributed by atoms with van der Waals surface area (Å²) in [5.74, 6) is -4.06. The van der Waals surface area contributed by atoms with Crippen LogP contribution in [0.15, 0.2) is 31.6 Å². The Morgan fingerprint density at radius 1 is 1.13 bits per heavy atom. The fraction of sp³-hybridized carbons (Fsp3) is 0.550. The summed E-state index contributed by atoms with van der Waals surface area (Å²) >= 11 is 0. The van der Waals surface area contributed by atoms with Gasteiger partial charge in [0, 0.05) is 11.8 Å². The normalized spacial score (nSPS) is 31.3. The van der Waals surface area contributed by atoms with Gasteiger partial charge in [-0.2, -0.15) is 4.39 Å². The van der Waals surface area contributed by atoms with Gasteiger partial charge in [-0.25, -0.2) is 14.4 Å². The van der Waals surface area contributed by atoms with Crippen molar-refractivity contribution < 1.29 is 53.7 Å². The predicted molar refractivity (Wildman–Crippen MR) is 117 cm³/mol. The van der Waals surface area contributed by atoms with Gasteiger partial charge in [-0.15, -0.1) is 0 Å². The average Bonchev–Trinajstić information content (AvgIpc) is 3.34. The number of aliphatic hydroxyl groups is 5.